The molecule has 2 N–H and O–H groups in total. The Morgan fingerprint density at radius 2 is 1.88 bits per heavy atom. The van der Waals surface area contributed by atoms with Crippen LogP contribution in [0, 0.1) is 11.2 Å². The first-order chi connectivity index (χ1) is 12.0. The molecule has 2 aromatic rings. The van der Waals surface area contributed by atoms with Crippen LogP contribution in [0.4, 0.5) is 17.6 Å². The van der Waals surface area contributed by atoms with Gasteiger partial charge < -0.3 is 10.6 Å². The van der Waals surface area contributed by atoms with Gasteiger partial charge in [-0.3, -0.25) is 4.79 Å². The van der Waals surface area contributed by atoms with Crippen molar-refractivity contribution in [3.8, 4) is 5.69 Å². The van der Waals surface area contributed by atoms with Gasteiger partial charge in [0.05, 0.1) is 0 Å². The summed E-state index contributed by atoms with van der Waals surface area (Å²) in [7, 11) is 1.35. The smallest absolute Gasteiger partial charge is 0.340 e. The van der Waals surface area contributed by atoms with Crippen LogP contribution in [0.5, 0.6) is 0 Å². The lowest BCUT2D eigenvalue weighted by atomic mass is 9.93. The summed E-state index contributed by atoms with van der Waals surface area (Å²) in [6.07, 6.45) is -4.96. The van der Waals surface area contributed by atoms with E-state index in [4.69, 9.17) is 5.73 Å². The minimum absolute atomic E-state index is 0.117. The molecule has 1 heterocycles. The molecule has 0 bridgehead atoms. The molecule has 0 aliphatic rings. The molecule has 1 amide bonds. The highest BCUT2D eigenvalue weighted by Gasteiger charge is 2.43. The Labute approximate surface area is 147 Å². The standard InChI is InChI=1S/C16H19F4N5O/c1-15(2,8-21)9-24(3)14(26)12-13(16(18,19)20)25(23-22-12)11-7-5-4-6-10(11)17/h4-7H,8-9,21H2,1-3H3. The minimum Gasteiger partial charge on any atom is -0.340 e. The summed E-state index contributed by atoms with van der Waals surface area (Å²) in [4.78, 5) is 13.6. The molecular formula is C16H19F4N5O. The van der Waals surface area contributed by atoms with Crippen molar-refractivity contribution in [1.82, 2.24) is 19.9 Å². The third-order valence-electron chi connectivity index (χ3n) is 3.79. The number of rotatable bonds is 5. The highest BCUT2D eigenvalue weighted by atomic mass is 19.4. The topological polar surface area (TPSA) is 77.0 Å². The average Bonchev–Trinajstić information content (AvgIpc) is 2.99. The number of nitrogens with zero attached hydrogens (tertiary/aromatic N) is 4. The van der Waals surface area contributed by atoms with Gasteiger partial charge in [0.2, 0.25) is 0 Å². The molecule has 26 heavy (non-hydrogen) atoms. The van der Waals surface area contributed by atoms with Gasteiger partial charge in [0, 0.05) is 13.6 Å². The monoisotopic (exact) mass is 373 g/mol. The van der Waals surface area contributed by atoms with Gasteiger partial charge in [-0.05, 0) is 24.1 Å². The van der Waals surface area contributed by atoms with Crippen LogP contribution in [0.1, 0.15) is 30.0 Å². The number of hydrogen-bond donors (Lipinski definition) is 1. The van der Waals surface area contributed by atoms with E-state index in [-0.39, 0.29) is 13.1 Å². The largest absolute Gasteiger partial charge is 0.435 e. The van der Waals surface area contributed by atoms with E-state index in [2.05, 4.69) is 10.3 Å². The van der Waals surface area contributed by atoms with E-state index in [0.29, 0.717) is 4.68 Å². The number of alkyl halides is 3. The van der Waals surface area contributed by atoms with Crippen LogP contribution in [0.3, 0.4) is 0 Å². The second-order valence-corrected chi connectivity index (χ2v) is 6.68. The minimum atomic E-state index is -4.96. The number of halogens is 4. The summed E-state index contributed by atoms with van der Waals surface area (Å²) in [5.41, 5.74) is 2.34. The summed E-state index contributed by atoms with van der Waals surface area (Å²) in [6, 6.07) is 4.80. The lowest BCUT2D eigenvalue weighted by molar-refractivity contribution is -0.143. The molecule has 0 aliphatic heterocycles. The highest BCUT2D eigenvalue weighted by molar-refractivity contribution is 5.93. The Hall–Kier alpha value is -2.49. The molecule has 0 saturated carbocycles. The number of para-hydroxylation sites is 1. The van der Waals surface area contributed by atoms with Crippen molar-refractivity contribution in [2.24, 2.45) is 11.1 Å². The molecular weight excluding hydrogens is 354 g/mol. The van der Waals surface area contributed by atoms with Crippen molar-refractivity contribution in [2.75, 3.05) is 20.1 Å². The zero-order chi connectivity index (χ0) is 19.7. The zero-order valence-electron chi connectivity index (χ0n) is 14.5. The summed E-state index contributed by atoms with van der Waals surface area (Å²) in [5.74, 6) is -1.89. The first kappa shape index (κ1) is 19.8. The third-order valence-corrected chi connectivity index (χ3v) is 3.79. The van der Waals surface area contributed by atoms with Crippen LogP contribution < -0.4 is 5.73 Å². The maximum Gasteiger partial charge on any atom is 0.435 e. The zero-order valence-corrected chi connectivity index (χ0v) is 14.5. The number of carbonyl (C=O) groups is 1. The molecule has 0 aliphatic carbocycles. The van der Waals surface area contributed by atoms with Gasteiger partial charge in [0.25, 0.3) is 5.91 Å². The first-order valence-electron chi connectivity index (χ1n) is 7.71. The Bertz CT molecular complexity index is 800. The van der Waals surface area contributed by atoms with E-state index in [1.54, 1.807) is 13.8 Å². The summed E-state index contributed by atoms with van der Waals surface area (Å²) in [5, 5.41) is 6.75. The predicted molar refractivity (Wildman–Crippen MR) is 86.1 cm³/mol. The van der Waals surface area contributed by atoms with E-state index in [9.17, 15) is 22.4 Å². The SMILES string of the molecule is CN(CC(C)(C)CN)C(=O)c1nnn(-c2ccccc2F)c1C(F)(F)F. The fourth-order valence-corrected chi connectivity index (χ4v) is 2.43. The summed E-state index contributed by atoms with van der Waals surface area (Å²) in [6.45, 7) is 3.90. The predicted octanol–water partition coefficient (Wildman–Crippen LogP) is 2.48. The van der Waals surface area contributed by atoms with Crippen LogP contribution in [0.15, 0.2) is 24.3 Å². The number of carbonyl (C=O) groups excluding carboxylic acids is 1. The first-order valence-corrected chi connectivity index (χ1v) is 7.71. The van der Waals surface area contributed by atoms with Crippen LogP contribution in [0.25, 0.3) is 5.69 Å². The second-order valence-electron chi connectivity index (χ2n) is 6.68. The van der Waals surface area contributed by atoms with Crippen LogP contribution in [-0.4, -0.2) is 45.9 Å². The Morgan fingerprint density at radius 3 is 2.42 bits per heavy atom. The molecule has 0 spiro atoms. The van der Waals surface area contributed by atoms with Gasteiger partial charge in [-0.2, -0.15) is 13.2 Å². The molecule has 0 unspecified atom stereocenters. The number of nitrogens with two attached hydrogens (primary N) is 1. The van der Waals surface area contributed by atoms with Gasteiger partial charge in [-0.15, -0.1) is 5.10 Å². The van der Waals surface area contributed by atoms with E-state index in [1.807, 2.05) is 0 Å². The van der Waals surface area contributed by atoms with Crippen LogP contribution >= 0.6 is 0 Å². The van der Waals surface area contributed by atoms with E-state index < -0.39 is 40.4 Å². The molecule has 142 valence electrons. The van der Waals surface area contributed by atoms with E-state index >= 15 is 0 Å². The molecule has 6 nitrogen and oxygen atoms in total. The summed E-state index contributed by atoms with van der Waals surface area (Å²) < 4.78 is 54.9. The maximum absolute atomic E-state index is 13.9. The van der Waals surface area contributed by atoms with Crippen molar-refractivity contribution < 1.29 is 22.4 Å². The Balaban J connectivity index is 2.51. The van der Waals surface area contributed by atoms with Crippen molar-refractivity contribution in [1.29, 1.82) is 0 Å². The van der Waals surface area contributed by atoms with Crippen molar-refractivity contribution in [3.05, 3.63) is 41.5 Å². The van der Waals surface area contributed by atoms with Gasteiger partial charge in [0.15, 0.2) is 11.4 Å². The van der Waals surface area contributed by atoms with Crippen molar-refractivity contribution in [3.63, 3.8) is 0 Å². The quantitative estimate of drug-likeness (QED) is 0.817. The van der Waals surface area contributed by atoms with Crippen LogP contribution in [-0.2, 0) is 6.18 Å². The maximum atomic E-state index is 13.9. The number of amides is 1. The van der Waals surface area contributed by atoms with Gasteiger partial charge >= 0.3 is 6.18 Å². The Kier molecular flexibility index (Phi) is 5.36. The number of hydrogen-bond acceptors (Lipinski definition) is 4. The normalized spacial score (nSPS) is 12.3. The van der Waals surface area contributed by atoms with Crippen molar-refractivity contribution in [2.45, 2.75) is 20.0 Å². The molecule has 0 radical (unpaired) electrons. The number of benzene rings is 1. The molecule has 0 fully saturated rings. The Morgan fingerprint density at radius 1 is 1.27 bits per heavy atom. The molecule has 2 rings (SSSR count). The van der Waals surface area contributed by atoms with Gasteiger partial charge in [-0.1, -0.05) is 31.2 Å². The average molecular weight is 373 g/mol. The highest BCUT2D eigenvalue weighted by Crippen LogP contribution is 2.33. The second kappa shape index (κ2) is 7.02. The summed E-state index contributed by atoms with van der Waals surface area (Å²) >= 11 is 0. The van der Waals surface area contributed by atoms with E-state index in [0.717, 1.165) is 17.0 Å². The lowest BCUT2D eigenvalue weighted by Crippen LogP contribution is -2.40. The van der Waals surface area contributed by atoms with Crippen LogP contribution in [0.2, 0.25) is 0 Å². The van der Waals surface area contributed by atoms with Gasteiger partial charge in [-0.25, -0.2) is 9.07 Å². The van der Waals surface area contributed by atoms with E-state index in [1.165, 1.54) is 19.2 Å². The lowest BCUT2D eigenvalue weighted by Gasteiger charge is -2.28. The third kappa shape index (κ3) is 4.01. The molecule has 0 atom stereocenters. The fraction of sp³-hybridized carbons (Fsp3) is 0.438. The molecule has 1 aromatic carbocycles. The molecule has 0 saturated heterocycles. The molecule has 10 heteroatoms. The van der Waals surface area contributed by atoms with Crippen molar-refractivity contribution >= 4 is 5.91 Å². The fourth-order valence-electron chi connectivity index (χ4n) is 2.43. The van der Waals surface area contributed by atoms with Gasteiger partial charge in [0.1, 0.15) is 11.5 Å². The molecule has 1 aromatic heterocycles. The number of aromatic nitrogens is 3.